The average Bonchev–Trinajstić information content (AvgIpc) is 3.13. The van der Waals surface area contributed by atoms with E-state index in [1.54, 1.807) is 0 Å². The first kappa shape index (κ1) is 15.6. The summed E-state index contributed by atoms with van der Waals surface area (Å²) in [6.07, 6.45) is 2.41. The second-order valence-electron chi connectivity index (χ2n) is 6.58. The molecule has 2 aliphatic rings. The number of aromatic nitrogens is 2. The van der Waals surface area contributed by atoms with Crippen molar-refractivity contribution in [1.29, 1.82) is 0 Å². The fourth-order valence-electron chi connectivity index (χ4n) is 3.74. The van der Waals surface area contributed by atoms with Crippen LogP contribution in [0.2, 0.25) is 0 Å². The Morgan fingerprint density at radius 2 is 2.04 bits per heavy atom. The zero-order valence-corrected chi connectivity index (χ0v) is 14.1. The molecule has 0 unspecified atom stereocenters. The summed E-state index contributed by atoms with van der Waals surface area (Å²) >= 11 is 0. The van der Waals surface area contributed by atoms with E-state index in [1.165, 1.54) is 12.8 Å². The number of anilines is 1. The molecule has 0 radical (unpaired) electrons. The number of ether oxygens (including phenoxy) is 1. The van der Waals surface area contributed by atoms with Crippen LogP contribution in [0.25, 0.3) is 11.5 Å². The molecule has 0 saturated carbocycles. The maximum absolute atomic E-state index is 5.83. The van der Waals surface area contributed by atoms with Crippen molar-refractivity contribution in [2.45, 2.75) is 31.8 Å². The van der Waals surface area contributed by atoms with Gasteiger partial charge in [-0.25, -0.2) is 0 Å². The highest BCUT2D eigenvalue weighted by molar-refractivity contribution is 5.54. The van der Waals surface area contributed by atoms with Gasteiger partial charge in [-0.15, -0.1) is 0 Å². The van der Waals surface area contributed by atoms with Crippen molar-refractivity contribution in [3.8, 4) is 11.5 Å². The summed E-state index contributed by atoms with van der Waals surface area (Å²) in [5.41, 5.74) is 0.957. The van der Waals surface area contributed by atoms with Gasteiger partial charge in [0.1, 0.15) is 0 Å². The number of piperazine rings is 1. The summed E-state index contributed by atoms with van der Waals surface area (Å²) in [5.74, 6) is 1.27. The molecule has 0 amide bonds. The molecule has 0 N–H and O–H groups in total. The first-order chi connectivity index (χ1) is 11.8. The molecule has 3 heterocycles. The summed E-state index contributed by atoms with van der Waals surface area (Å²) in [6, 6.07) is 10.9. The molecule has 128 valence electrons. The molecular formula is C18H24N4O2. The SMILES string of the molecule is CCC[C@H]1COC[C@H]2CN(c3noc(-c4ccccc4)n3)CCN12. The Labute approximate surface area is 142 Å². The Morgan fingerprint density at radius 1 is 1.17 bits per heavy atom. The van der Waals surface area contributed by atoms with Gasteiger partial charge in [0, 0.05) is 31.2 Å². The monoisotopic (exact) mass is 328 g/mol. The van der Waals surface area contributed by atoms with Crippen LogP contribution in [0.4, 0.5) is 5.95 Å². The molecular weight excluding hydrogens is 304 g/mol. The van der Waals surface area contributed by atoms with Crippen molar-refractivity contribution in [3.05, 3.63) is 30.3 Å². The second kappa shape index (κ2) is 6.91. The van der Waals surface area contributed by atoms with Crippen molar-refractivity contribution < 1.29 is 9.26 Å². The van der Waals surface area contributed by atoms with Gasteiger partial charge in [-0.05, 0) is 23.7 Å². The molecule has 1 aromatic carbocycles. The third-order valence-corrected chi connectivity index (χ3v) is 4.96. The topological polar surface area (TPSA) is 54.6 Å². The van der Waals surface area contributed by atoms with Gasteiger partial charge < -0.3 is 14.2 Å². The van der Waals surface area contributed by atoms with Crippen LogP contribution in [0.5, 0.6) is 0 Å². The van der Waals surface area contributed by atoms with E-state index in [1.807, 2.05) is 30.3 Å². The molecule has 6 heteroatoms. The highest BCUT2D eigenvalue weighted by atomic mass is 16.5. The highest BCUT2D eigenvalue weighted by Gasteiger charge is 2.36. The predicted molar refractivity (Wildman–Crippen MR) is 92.0 cm³/mol. The molecule has 6 nitrogen and oxygen atoms in total. The maximum atomic E-state index is 5.83. The molecule has 2 aliphatic heterocycles. The zero-order valence-electron chi connectivity index (χ0n) is 14.1. The van der Waals surface area contributed by atoms with Crippen LogP contribution in [0.3, 0.4) is 0 Å². The third-order valence-electron chi connectivity index (χ3n) is 4.96. The lowest BCUT2D eigenvalue weighted by atomic mass is 10.0. The Bertz CT molecular complexity index is 658. The van der Waals surface area contributed by atoms with E-state index in [9.17, 15) is 0 Å². The Balaban J connectivity index is 1.46. The summed E-state index contributed by atoms with van der Waals surface area (Å²) in [7, 11) is 0. The largest absolute Gasteiger partial charge is 0.378 e. The van der Waals surface area contributed by atoms with Crippen molar-refractivity contribution >= 4 is 5.95 Å². The van der Waals surface area contributed by atoms with Crippen molar-refractivity contribution in [2.75, 3.05) is 37.7 Å². The number of rotatable bonds is 4. The minimum Gasteiger partial charge on any atom is -0.378 e. The van der Waals surface area contributed by atoms with Gasteiger partial charge in [0.25, 0.3) is 11.8 Å². The fourth-order valence-corrected chi connectivity index (χ4v) is 3.74. The van der Waals surface area contributed by atoms with Crippen LogP contribution >= 0.6 is 0 Å². The van der Waals surface area contributed by atoms with E-state index >= 15 is 0 Å². The highest BCUT2D eigenvalue weighted by Crippen LogP contribution is 2.25. The first-order valence-corrected chi connectivity index (χ1v) is 8.82. The van der Waals surface area contributed by atoms with Crippen molar-refractivity contribution in [1.82, 2.24) is 15.0 Å². The summed E-state index contributed by atoms with van der Waals surface area (Å²) < 4.78 is 11.3. The molecule has 2 saturated heterocycles. The first-order valence-electron chi connectivity index (χ1n) is 8.82. The van der Waals surface area contributed by atoms with Crippen LogP contribution < -0.4 is 4.90 Å². The van der Waals surface area contributed by atoms with Crippen LogP contribution in [-0.4, -0.2) is 60.0 Å². The normalized spacial score (nSPS) is 24.8. The summed E-state index contributed by atoms with van der Waals surface area (Å²) in [4.78, 5) is 9.42. The average molecular weight is 328 g/mol. The molecule has 2 atom stereocenters. The lowest BCUT2D eigenvalue weighted by Gasteiger charge is -2.47. The predicted octanol–water partition coefficient (Wildman–Crippen LogP) is 2.43. The lowest BCUT2D eigenvalue weighted by Crippen LogP contribution is -2.62. The van der Waals surface area contributed by atoms with Gasteiger partial charge in [-0.2, -0.15) is 4.98 Å². The number of nitrogens with zero attached hydrogens (tertiary/aromatic N) is 4. The van der Waals surface area contributed by atoms with Gasteiger partial charge in [0.15, 0.2) is 0 Å². The fraction of sp³-hybridized carbons (Fsp3) is 0.556. The number of hydrogen-bond donors (Lipinski definition) is 0. The minimum atomic E-state index is 0.419. The molecule has 4 rings (SSSR count). The number of fused-ring (bicyclic) bond motifs is 1. The molecule has 0 bridgehead atoms. The standard InChI is InChI=1S/C18H24N4O2/c1-2-6-15-12-23-13-16-11-21(9-10-22(15)16)18-19-17(24-20-18)14-7-4-3-5-8-14/h3-5,7-8,15-16H,2,6,9-13H2,1H3/t15-,16+/m0/s1. The van der Waals surface area contributed by atoms with E-state index in [-0.39, 0.29) is 0 Å². The molecule has 1 aromatic heterocycles. The van der Waals surface area contributed by atoms with Gasteiger partial charge in [-0.3, -0.25) is 4.90 Å². The van der Waals surface area contributed by atoms with E-state index in [0.29, 0.717) is 23.9 Å². The third kappa shape index (κ3) is 3.03. The Kier molecular flexibility index (Phi) is 4.49. The van der Waals surface area contributed by atoms with E-state index in [0.717, 1.165) is 38.4 Å². The smallest absolute Gasteiger partial charge is 0.266 e. The van der Waals surface area contributed by atoms with Gasteiger partial charge in [0.05, 0.1) is 19.3 Å². The summed E-state index contributed by atoms with van der Waals surface area (Å²) in [6.45, 7) is 6.77. The Hall–Kier alpha value is -1.92. The molecule has 2 fully saturated rings. The number of hydrogen-bond acceptors (Lipinski definition) is 6. The van der Waals surface area contributed by atoms with Gasteiger partial charge >= 0.3 is 0 Å². The van der Waals surface area contributed by atoms with Crippen LogP contribution in [0.15, 0.2) is 34.9 Å². The second-order valence-corrected chi connectivity index (χ2v) is 6.58. The molecule has 2 aromatic rings. The van der Waals surface area contributed by atoms with Crippen molar-refractivity contribution in [3.63, 3.8) is 0 Å². The lowest BCUT2D eigenvalue weighted by molar-refractivity contribution is -0.0559. The quantitative estimate of drug-likeness (QED) is 0.859. The number of morpholine rings is 1. The van der Waals surface area contributed by atoms with Gasteiger partial charge in [-0.1, -0.05) is 31.5 Å². The van der Waals surface area contributed by atoms with E-state index in [4.69, 9.17) is 9.26 Å². The van der Waals surface area contributed by atoms with Crippen LogP contribution in [-0.2, 0) is 4.74 Å². The molecule has 0 spiro atoms. The van der Waals surface area contributed by atoms with E-state index in [2.05, 4.69) is 26.9 Å². The Morgan fingerprint density at radius 3 is 2.88 bits per heavy atom. The van der Waals surface area contributed by atoms with Crippen LogP contribution in [0.1, 0.15) is 19.8 Å². The minimum absolute atomic E-state index is 0.419. The maximum Gasteiger partial charge on any atom is 0.266 e. The van der Waals surface area contributed by atoms with Crippen LogP contribution in [0, 0.1) is 0 Å². The zero-order chi connectivity index (χ0) is 16.4. The van der Waals surface area contributed by atoms with Gasteiger partial charge in [0.2, 0.25) is 0 Å². The molecule has 24 heavy (non-hydrogen) atoms. The number of benzene rings is 1. The van der Waals surface area contributed by atoms with Crippen molar-refractivity contribution in [2.24, 2.45) is 0 Å². The van der Waals surface area contributed by atoms with E-state index < -0.39 is 0 Å². The summed E-state index contributed by atoms with van der Waals surface area (Å²) in [5, 5.41) is 4.19. The molecule has 0 aliphatic carbocycles.